The Morgan fingerprint density at radius 1 is 0.581 bits per heavy atom. The molecule has 0 spiro atoms. The van der Waals surface area contributed by atoms with E-state index in [-0.39, 0.29) is 0 Å². The predicted molar refractivity (Wildman–Crippen MR) is 133 cm³/mol. The number of fused-ring (bicyclic) bond motifs is 5. The van der Waals surface area contributed by atoms with Crippen molar-refractivity contribution in [3.05, 3.63) is 97.1 Å². The molecule has 0 unspecified atom stereocenters. The van der Waals surface area contributed by atoms with Gasteiger partial charge in [0.25, 0.3) is 0 Å². The summed E-state index contributed by atoms with van der Waals surface area (Å²) in [7, 11) is -1.89. The summed E-state index contributed by atoms with van der Waals surface area (Å²) in [5.74, 6) is 0.780. The summed E-state index contributed by atoms with van der Waals surface area (Å²) in [6.07, 6.45) is 0. The molecule has 2 heterocycles. The number of benzene rings is 4. The summed E-state index contributed by atoms with van der Waals surface area (Å²) in [4.78, 5) is 10.2. The first kappa shape index (κ1) is 18.2. The Balaban J connectivity index is 1.74. The van der Waals surface area contributed by atoms with Gasteiger partial charge in [-0.3, -0.25) is 0 Å². The maximum Gasteiger partial charge on any atom is 0.160 e. The number of aromatic nitrogens is 2. The Hall–Kier alpha value is -3.56. The first-order chi connectivity index (χ1) is 15.1. The summed E-state index contributed by atoms with van der Waals surface area (Å²) in [6, 6.07) is 34.2. The van der Waals surface area contributed by atoms with Crippen molar-refractivity contribution >= 4 is 29.4 Å². The minimum Gasteiger partial charge on any atom is -0.228 e. The highest BCUT2D eigenvalue weighted by Gasteiger charge is 2.39. The third-order valence-corrected chi connectivity index (χ3v) is 10.0. The van der Waals surface area contributed by atoms with Crippen LogP contribution in [-0.4, -0.2) is 18.0 Å². The Kier molecular flexibility index (Phi) is 3.95. The zero-order chi connectivity index (χ0) is 21.0. The molecule has 2 nitrogen and oxygen atoms in total. The summed E-state index contributed by atoms with van der Waals surface area (Å²) < 4.78 is 0. The second-order valence-electron chi connectivity index (χ2n) is 8.68. The highest BCUT2D eigenvalue weighted by Crippen LogP contribution is 2.36. The predicted octanol–water partition coefficient (Wildman–Crippen LogP) is 5.77. The van der Waals surface area contributed by atoms with Gasteiger partial charge in [-0.2, -0.15) is 0 Å². The quantitative estimate of drug-likeness (QED) is 0.343. The molecule has 0 aliphatic carbocycles. The number of nitrogens with zero attached hydrogens (tertiary/aromatic N) is 2. The highest BCUT2D eigenvalue weighted by molar-refractivity contribution is 7.05. The molecule has 31 heavy (non-hydrogen) atoms. The molecule has 0 fully saturated rings. The Morgan fingerprint density at radius 2 is 1.23 bits per heavy atom. The maximum atomic E-state index is 5.16. The van der Waals surface area contributed by atoms with Gasteiger partial charge < -0.3 is 0 Å². The van der Waals surface area contributed by atoms with Gasteiger partial charge in [0.2, 0.25) is 0 Å². The van der Waals surface area contributed by atoms with Crippen LogP contribution in [0, 0.1) is 0 Å². The maximum absolute atomic E-state index is 5.16. The van der Waals surface area contributed by atoms with Crippen molar-refractivity contribution in [2.24, 2.45) is 0 Å². The van der Waals surface area contributed by atoms with Crippen LogP contribution in [0.1, 0.15) is 0 Å². The third kappa shape index (κ3) is 2.70. The fourth-order valence-electron chi connectivity index (χ4n) is 5.02. The molecule has 0 amide bonds. The zero-order valence-electron chi connectivity index (χ0n) is 17.6. The van der Waals surface area contributed by atoms with E-state index in [4.69, 9.17) is 9.97 Å². The zero-order valence-corrected chi connectivity index (χ0v) is 18.6. The van der Waals surface area contributed by atoms with E-state index < -0.39 is 8.07 Å². The van der Waals surface area contributed by atoms with Crippen LogP contribution < -0.4 is 10.4 Å². The molecular formula is C28H22N2Si. The molecule has 0 bridgehead atoms. The molecule has 148 valence electrons. The smallest absolute Gasteiger partial charge is 0.160 e. The van der Waals surface area contributed by atoms with Crippen molar-refractivity contribution in [2.45, 2.75) is 13.1 Å². The first-order valence-electron chi connectivity index (χ1n) is 10.7. The second-order valence-corrected chi connectivity index (χ2v) is 13.0. The molecule has 1 aliphatic rings. The fourth-order valence-corrected chi connectivity index (χ4v) is 8.45. The number of hydrogen-bond donors (Lipinski definition) is 0. The largest absolute Gasteiger partial charge is 0.228 e. The van der Waals surface area contributed by atoms with Crippen LogP contribution in [0.15, 0.2) is 97.1 Å². The van der Waals surface area contributed by atoms with Gasteiger partial charge in [0.1, 0.15) is 8.07 Å². The normalized spacial score (nSPS) is 13.7. The van der Waals surface area contributed by atoms with Gasteiger partial charge in [0.15, 0.2) is 5.82 Å². The van der Waals surface area contributed by atoms with Gasteiger partial charge in [-0.1, -0.05) is 104 Å². The van der Waals surface area contributed by atoms with Crippen LogP contribution in [0.25, 0.3) is 44.7 Å². The van der Waals surface area contributed by atoms with Crippen LogP contribution in [0.3, 0.4) is 0 Å². The van der Waals surface area contributed by atoms with Crippen molar-refractivity contribution < 1.29 is 0 Å². The minimum absolute atomic E-state index is 0.780. The van der Waals surface area contributed by atoms with Crippen LogP contribution >= 0.6 is 0 Å². The van der Waals surface area contributed by atoms with E-state index >= 15 is 0 Å². The van der Waals surface area contributed by atoms with Crippen molar-refractivity contribution in [3.63, 3.8) is 0 Å². The van der Waals surface area contributed by atoms with Gasteiger partial charge >= 0.3 is 0 Å². The number of rotatable bonds is 2. The Labute approximate surface area is 183 Å². The lowest BCUT2D eigenvalue weighted by molar-refractivity contribution is 1.23. The molecule has 1 aromatic heterocycles. The Morgan fingerprint density at radius 3 is 1.97 bits per heavy atom. The van der Waals surface area contributed by atoms with E-state index in [1.165, 1.54) is 26.9 Å². The van der Waals surface area contributed by atoms with E-state index in [2.05, 4.69) is 92.0 Å². The molecule has 0 saturated carbocycles. The van der Waals surface area contributed by atoms with Gasteiger partial charge in [-0.25, -0.2) is 9.97 Å². The van der Waals surface area contributed by atoms with E-state index in [0.29, 0.717) is 0 Å². The van der Waals surface area contributed by atoms with Crippen LogP contribution in [0.5, 0.6) is 0 Å². The molecule has 4 aromatic carbocycles. The minimum atomic E-state index is -1.89. The molecule has 6 rings (SSSR count). The van der Waals surface area contributed by atoms with E-state index in [1.807, 2.05) is 18.2 Å². The average molecular weight is 415 g/mol. The van der Waals surface area contributed by atoms with Crippen molar-refractivity contribution in [1.82, 2.24) is 9.97 Å². The van der Waals surface area contributed by atoms with E-state index in [9.17, 15) is 0 Å². The van der Waals surface area contributed by atoms with Gasteiger partial charge in [-0.15, -0.1) is 0 Å². The lowest BCUT2D eigenvalue weighted by Gasteiger charge is -2.22. The van der Waals surface area contributed by atoms with Crippen LogP contribution in [0.2, 0.25) is 13.1 Å². The molecular weight excluding hydrogens is 392 g/mol. The van der Waals surface area contributed by atoms with Gasteiger partial charge in [-0.05, 0) is 27.6 Å². The fraction of sp³-hybridized carbons (Fsp3) is 0.0714. The number of hydrogen-bond acceptors (Lipinski definition) is 2. The van der Waals surface area contributed by atoms with Crippen molar-refractivity contribution in [3.8, 4) is 33.8 Å². The molecule has 0 atom stereocenters. The first-order valence-corrected chi connectivity index (χ1v) is 13.7. The van der Waals surface area contributed by atoms with Crippen LogP contribution in [-0.2, 0) is 0 Å². The molecule has 3 heteroatoms. The molecule has 0 N–H and O–H groups in total. The SMILES string of the molecule is C[Si]1(C)c2ccccc2-c2ccc3nc(-c4ccccc4)nc(-c4ccccc4)c3c21. The van der Waals surface area contributed by atoms with Crippen molar-refractivity contribution in [2.75, 3.05) is 0 Å². The molecule has 0 radical (unpaired) electrons. The van der Waals surface area contributed by atoms with E-state index in [0.717, 1.165) is 28.2 Å². The molecule has 0 saturated heterocycles. The monoisotopic (exact) mass is 414 g/mol. The Bertz CT molecular complexity index is 1440. The lowest BCUT2D eigenvalue weighted by atomic mass is 10.00. The second kappa shape index (κ2) is 6.72. The average Bonchev–Trinajstić information content (AvgIpc) is 3.06. The van der Waals surface area contributed by atoms with E-state index in [1.54, 1.807) is 0 Å². The van der Waals surface area contributed by atoms with Crippen molar-refractivity contribution in [1.29, 1.82) is 0 Å². The lowest BCUT2D eigenvalue weighted by Crippen LogP contribution is -2.49. The van der Waals surface area contributed by atoms with Gasteiger partial charge in [0, 0.05) is 16.5 Å². The molecule has 5 aromatic rings. The summed E-state index contributed by atoms with van der Waals surface area (Å²) in [5, 5.41) is 4.18. The van der Waals surface area contributed by atoms with Crippen LogP contribution in [0.4, 0.5) is 0 Å². The summed E-state index contributed by atoms with van der Waals surface area (Å²) >= 11 is 0. The third-order valence-electron chi connectivity index (χ3n) is 6.46. The summed E-state index contributed by atoms with van der Waals surface area (Å²) in [5.41, 5.74) is 6.98. The molecule has 1 aliphatic heterocycles. The standard InChI is InChI=1S/C28H22N2Si/c1-31(2)24-16-10-9-15-21(24)22-17-18-23-25(27(22)31)26(19-11-5-3-6-12-19)30-28(29-23)20-13-7-4-8-14-20/h3-18H,1-2H3. The summed E-state index contributed by atoms with van der Waals surface area (Å²) in [6.45, 7) is 4.91. The van der Waals surface area contributed by atoms with Gasteiger partial charge in [0.05, 0.1) is 11.2 Å². The highest BCUT2D eigenvalue weighted by atomic mass is 28.3. The topological polar surface area (TPSA) is 25.8 Å².